The lowest BCUT2D eigenvalue weighted by molar-refractivity contribution is 0.547. The lowest BCUT2D eigenvalue weighted by atomic mass is 9.89. The first-order chi connectivity index (χ1) is 16.0. The van der Waals surface area contributed by atoms with Gasteiger partial charge >= 0.3 is 0 Å². The summed E-state index contributed by atoms with van der Waals surface area (Å²) < 4.78 is 56.3. The van der Waals surface area contributed by atoms with Crippen LogP contribution in [0.5, 0.6) is 0 Å². The minimum absolute atomic E-state index is 0.125. The zero-order valence-electron chi connectivity index (χ0n) is 19.4. The van der Waals surface area contributed by atoms with Crippen molar-refractivity contribution in [2.24, 2.45) is 0 Å². The van der Waals surface area contributed by atoms with Crippen LogP contribution in [-0.2, 0) is 6.42 Å². The fourth-order valence-electron chi connectivity index (χ4n) is 3.28. The summed E-state index contributed by atoms with van der Waals surface area (Å²) in [6.07, 6.45) is 8.25. The molecule has 1 heterocycles. The van der Waals surface area contributed by atoms with E-state index in [1.54, 1.807) is 12.2 Å². The van der Waals surface area contributed by atoms with Gasteiger partial charge in [0.1, 0.15) is 11.7 Å². The van der Waals surface area contributed by atoms with E-state index in [0.29, 0.717) is 33.7 Å². The molecule has 0 radical (unpaired) electrons. The van der Waals surface area contributed by atoms with Crippen molar-refractivity contribution in [3.63, 3.8) is 0 Å². The molecule has 0 N–H and O–H groups in total. The van der Waals surface area contributed by atoms with Crippen molar-refractivity contribution in [1.29, 1.82) is 0 Å². The van der Waals surface area contributed by atoms with Crippen LogP contribution < -0.4 is 9.75 Å². The molecule has 0 aliphatic heterocycles. The van der Waals surface area contributed by atoms with Gasteiger partial charge in [-0.1, -0.05) is 65.0 Å². The smallest absolute Gasteiger partial charge is 0.158 e. The second-order valence-corrected chi connectivity index (χ2v) is 9.05. The lowest BCUT2D eigenvalue weighted by Gasteiger charge is -2.16. The van der Waals surface area contributed by atoms with Crippen LogP contribution in [0.2, 0.25) is 0 Å². The Labute approximate surface area is 202 Å². The van der Waals surface area contributed by atoms with Gasteiger partial charge in [-0.2, -0.15) is 0 Å². The van der Waals surface area contributed by atoms with E-state index in [0.717, 1.165) is 41.0 Å². The Kier molecular flexibility index (Phi) is 9.39. The predicted octanol–water partition coefficient (Wildman–Crippen LogP) is 8.25. The fourth-order valence-corrected chi connectivity index (χ4v) is 4.45. The molecule has 0 amide bonds. The summed E-state index contributed by atoms with van der Waals surface area (Å²) in [7, 11) is 0. The maximum atomic E-state index is 15.1. The number of hydrogen-bond acceptors (Lipinski definition) is 1. The molecule has 0 unspecified atom stereocenters. The van der Waals surface area contributed by atoms with Crippen LogP contribution in [0.1, 0.15) is 31.1 Å². The van der Waals surface area contributed by atoms with Crippen LogP contribution in [0.25, 0.3) is 12.4 Å². The van der Waals surface area contributed by atoms with Gasteiger partial charge in [0.25, 0.3) is 0 Å². The molecule has 1 aliphatic rings. The molecule has 0 fully saturated rings. The summed E-state index contributed by atoms with van der Waals surface area (Å²) >= 11 is 1.40. The van der Waals surface area contributed by atoms with E-state index in [1.165, 1.54) is 11.3 Å². The van der Waals surface area contributed by atoms with Gasteiger partial charge in [0, 0.05) is 16.0 Å². The van der Waals surface area contributed by atoms with Crippen LogP contribution in [0.4, 0.5) is 17.6 Å². The normalized spacial score (nSPS) is 15.3. The third-order valence-corrected chi connectivity index (χ3v) is 6.54. The molecule has 0 saturated heterocycles. The average molecular weight is 485 g/mol. The van der Waals surface area contributed by atoms with Gasteiger partial charge in [-0.3, -0.25) is 0 Å². The molecule has 34 heavy (non-hydrogen) atoms. The van der Waals surface area contributed by atoms with Crippen molar-refractivity contribution in [3.8, 4) is 0 Å². The van der Waals surface area contributed by atoms with Gasteiger partial charge in [0.15, 0.2) is 11.7 Å². The zero-order valence-corrected chi connectivity index (χ0v) is 20.2. The molecule has 0 aromatic carbocycles. The standard InChI is InChI=1S/C29H28F4S/c1-8-9-25-14-19(4)29(34-25)28(33)21(6)24-12-10-23(11-13-24)18(3)16-26(31)20(5)17(2)15-27(32)22(7)30/h10,12,14-16H,2-9,11,13H2,1H3/b26-16+,27-15+,29-28-. The van der Waals surface area contributed by atoms with E-state index < -0.39 is 17.5 Å². The topological polar surface area (TPSA) is 0 Å². The Morgan fingerprint density at radius 3 is 2.12 bits per heavy atom. The van der Waals surface area contributed by atoms with Crippen molar-refractivity contribution in [1.82, 2.24) is 0 Å². The van der Waals surface area contributed by atoms with Crippen molar-refractivity contribution in [3.05, 3.63) is 129 Å². The molecule has 5 heteroatoms. The van der Waals surface area contributed by atoms with E-state index in [1.807, 2.05) is 6.07 Å². The molecule has 0 atom stereocenters. The summed E-state index contributed by atoms with van der Waals surface area (Å²) in [6.45, 7) is 23.7. The van der Waals surface area contributed by atoms with Crippen LogP contribution in [-0.4, -0.2) is 0 Å². The average Bonchev–Trinajstić information content (AvgIpc) is 3.17. The van der Waals surface area contributed by atoms with Crippen molar-refractivity contribution < 1.29 is 17.6 Å². The minimum Gasteiger partial charge on any atom is -0.206 e. The molecule has 0 saturated carbocycles. The van der Waals surface area contributed by atoms with Gasteiger partial charge in [0.05, 0.1) is 4.53 Å². The fraction of sp³-hybridized carbons (Fsp3) is 0.172. The van der Waals surface area contributed by atoms with E-state index >= 15 is 4.39 Å². The summed E-state index contributed by atoms with van der Waals surface area (Å²) in [5.74, 6) is -3.67. The predicted molar refractivity (Wildman–Crippen MR) is 138 cm³/mol. The number of halogens is 4. The van der Waals surface area contributed by atoms with Crippen molar-refractivity contribution >= 4 is 23.7 Å². The molecule has 0 nitrogen and oxygen atoms in total. The first-order valence-electron chi connectivity index (χ1n) is 10.7. The highest BCUT2D eigenvalue weighted by molar-refractivity contribution is 7.09. The van der Waals surface area contributed by atoms with E-state index in [9.17, 15) is 13.2 Å². The first-order valence-corrected chi connectivity index (χ1v) is 11.5. The lowest BCUT2D eigenvalue weighted by Crippen LogP contribution is -2.18. The number of aryl methyl sites for hydroxylation is 1. The maximum Gasteiger partial charge on any atom is 0.158 e. The molecule has 2 rings (SSSR count). The van der Waals surface area contributed by atoms with Crippen molar-refractivity contribution in [2.75, 3.05) is 0 Å². The Morgan fingerprint density at radius 2 is 1.56 bits per heavy atom. The summed E-state index contributed by atoms with van der Waals surface area (Å²) in [4.78, 5) is 1.09. The van der Waals surface area contributed by atoms with Crippen LogP contribution in [0.3, 0.4) is 0 Å². The third kappa shape index (κ3) is 6.67. The zero-order chi connectivity index (χ0) is 25.6. The molecular weight excluding hydrogens is 456 g/mol. The van der Waals surface area contributed by atoms with Gasteiger partial charge in [-0.15, -0.1) is 11.3 Å². The Morgan fingerprint density at radius 1 is 0.941 bits per heavy atom. The molecular formula is C29H28F4S. The molecule has 0 spiro atoms. The Hall–Kier alpha value is -3.18. The maximum absolute atomic E-state index is 15.1. The second kappa shape index (κ2) is 11.8. The van der Waals surface area contributed by atoms with Crippen LogP contribution in [0, 0.1) is 0 Å². The quantitative estimate of drug-likeness (QED) is 0.232. The minimum atomic E-state index is -1.28. The molecule has 1 aromatic rings. The van der Waals surface area contributed by atoms with E-state index in [-0.39, 0.29) is 17.0 Å². The van der Waals surface area contributed by atoms with E-state index in [2.05, 4.69) is 46.4 Å². The molecule has 178 valence electrons. The highest BCUT2D eigenvalue weighted by Gasteiger charge is 2.16. The summed E-state index contributed by atoms with van der Waals surface area (Å²) in [6, 6.07) is 1.91. The Balaban J connectivity index is 2.20. The number of thiophene rings is 1. The van der Waals surface area contributed by atoms with Gasteiger partial charge < -0.3 is 0 Å². The van der Waals surface area contributed by atoms with Crippen molar-refractivity contribution in [2.45, 2.75) is 32.6 Å². The monoisotopic (exact) mass is 484 g/mol. The first kappa shape index (κ1) is 27.1. The highest BCUT2D eigenvalue weighted by Crippen LogP contribution is 2.32. The van der Waals surface area contributed by atoms with E-state index in [4.69, 9.17) is 0 Å². The van der Waals surface area contributed by atoms with Crippen LogP contribution in [0.15, 0.2) is 114 Å². The summed E-state index contributed by atoms with van der Waals surface area (Å²) in [5, 5.41) is 0.654. The molecule has 1 aliphatic carbocycles. The van der Waals surface area contributed by atoms with Gasteiger partial charge in [0.2, 0.25) is 0 Å². The molecule has 0 bridgehead atoms. The number of allylic oxidation sites excluding steroid dienone is 13. The number of rotatable bonds is 10. The third-order valence-electron chi connectivity index (χ3n) is 5.31. The number of hydrogen-bond donors (Lipinski definition) is 0. The SMILES string of the molecule is C=C(/C=C(/F)C(=C)F)C(=C)/C(F)=C\C(=C)C1=CC=C(C(=C)/C(F)=c2/sc(CCC)cc2=C)CC1. The second-order valence-electron chi connectivity index (χ2n) is 7.91. The van der Waals surface area contributed by atoms with Gasteiger partial charge in [-0.05, 0) is 65.0 Å². The molecule has 1 aromatic heterocycles. The highest BCUT2D eigenvalue weighted by atomic mass is 32.1. The summed E-state index contributed by atoms with van der Waals surface area (Å²) in [5.41, 5.74) is 1.87. The van der Waals surface area contributed by atoms with Crippen LogP contribution >= 0.6 is 11.3 Å². The Bertz CT molecular complexity index is 1290. The largest absolute Gasteiger partial charge is 0.206 e. The van der Waals surface area contributed by atoms with Gasteiger partial charge in [-0.25, -0.2) is 17.6 Å².